The number of hydrogen-bond donors (Lipinski definition) is 1. The molecule has 0 aliphatic carbocycles. The maximum Gasteiger partial charge on any atom is 0.343 e. The number of hydrogen-bond acceptors (Lipinski definition) is 7. The topological polar surface area (TPSA) is 85.3 Å². The summed E-state index contributed by atoms with van der Waals surface area (Å²) in [5.74, 6) is 1.27. The van der Waals surface area contributed by atoms with E-state index in [2.05, 4.69) is 4.90 Å². The summed E-state index contributed by atoms with van der Waals surface area (Å²) < 4.78 is 22.4. The van der Waals surface area contributed by atoms with E-state index in [0.717, 1.165) is 38.2 Å². The van der Waals surface area contributed by atoms with Gasteiger partial charge in [-0.3, -0.25) is 4.90 Å². The Morgan fingerprint density at radius 1 is 1.11 bits per heavy atom. The molecule has 148 valence electrons. The van der Waals surface area contributed by atoms with Crippen LogP contribution in [0.25, 0.3) is 22.5 Å². The lowest BCUT2D eigenvalue weighted by Crippen LogP contribution is -2.38. The SMILES string of the molecule is Cc1c(-c2cc3ccc(OCCN4CCOCC4)cc3o2)oc(=O)c(C)c1O. The number of ether oxygens (including phenoxy) is 2. The van der Waals surface area contributed by atoms with E-state index in [1.165, 1.54) is 6.92 Å². The van der Waals surface area contributed by atoms with Gasteiger partial charge in [-0.1, -0.05) is 0 Å². The monoisotopic (exact) mass is 385 g/mol. The van der Waals surface area contributed by atoms with Crippen LogP contribution in [0, 0.1) is 13.8 Å². The summed E-state index contributed by atoms with van der Waals surface area (Å²) in [5.41, 5.74) is 0.707. The van der Waals surface area contributed by atoms with Crippen LogP contribution in [-0.2, 0) is 4.74 Å². The van der Waals surface area contributed by atoms with Crippen LogP contribution in [0.3, 0.4) is 0 Å². The van der Waals surface area contributed by atoms with Crippen LogP contribution >= 0.6 is 0 Å². The van der Waals surface area contributed by atoms with Crippen LogP contribution in [0.5, 0.6) is 11.5 Å². The Morgan fingerprint density at radius 3 is 2.68 bits per heavy atom. The number of aromatic hydroxyl groups is 1. The van der Waals surface area contributed by atoms with Crippen molar-refractivity contribution in [3.63, 3.8) is 0 Å². The second-order valence-electron chi connectivity index (χ2n) is 6.93. The Bertz CT molecular complexity index is 1040. The summed E-state index contributed by atoms with van der Waals surface area (Å²) in [6, 6.07) is 7.39. The highest BCUT2D eigenvalue weighted by molar-refractivity contribution is 5.83. The molecule has 4 rings (SSSR count). The third kappa shape index (κ3) is 3.63. The molecule has 2 aromatic heterocycles. The van der Waals surface area contributed by atoms with E-state index >= 15 is 0 Å². The number of morpholine rings is 1. The first-order valence-corrected chi connectivity index (χ1v) is 9.33. The first-order chi connectivity index (χ1) is 13.5. The standard InChI is InChI=1S/C21H23NO6/c1-13-19(23)14(2)21(24)28-20(13)18-11-15-3-4-16(12-17(15)27-18)26-10-7-22-5-8-25-9-6-22/h3-4,11-12,23H,5-10H2,1-2H3. The molecule has 7 nitrogen and oxygen atoms in total. The number of benzene rings is 1. The molecule has 1 fully saturated rings. The van der Waals surface area contributed by atoms with Gasteiger partial charge in [0.2, 0.25) is 0 Å². The summed E-state index contributed by atoms with van der Waals surface area (Å²) in [6.07, 6.45) is 0. The third-order valence-corrected chi connectivity index (χ3v) is 5.05. The van der Waals surface area contributed by atoms with E-state index in [1.807, 2.05) is 18.2 Å². The van der Waals surface area contributed by atoms with Crippen molar-refractivity contribution in [2.45, 2.75) is 13.8 Å². The average molecular weight is 385 g/mol. The third-order valence-electron chi connectivity index (χ3n) is 5.05. The van der Waals surface area contributed by atoms with Gasteiger partial charge in [-0.15, -0.1) is 0 Å². The smallest absolute Gasteiger partial charge is 0.343 e. The molecule has 0 bridgehead atoms. The van der Waals surface area contributed by atoms with Gasteiger partial charge in [0.05, 0.1) is 18.8 Å². The van der Waals surface area contributed by atoms with Gasteiger partial charge in [0.1, 0.15) is 23.7 Å². The first-order valence-electron chi connectivity index (χ1n) is 9.33. The van der Waals surface area contributed by atoms with Gasteiger partial charge in [0.15, 0.2) is 11.5 Å². The highest BCUT2D eigenvalue weighted by atomic mass is 16.5. The molecule has 0 atom stereocenters. The van der Waals surface area contributed by atoms with Gasteiger partial charge < -0.3 is 23.4 Å². The molecule has 0 spiro atoms. The molecule has 1 aromatic carbocycles. The molecule has 3 heterocycles. The molecule has 1 N–H and O–H groups in total. The molecule has 28 heavy (non-hydrogen) atoms. The van der Waals surface area contributed by atoms with Crippen LogP contribution in [0.1, 0.15) is 11.1 Å². The Morgan fingerprint density at radius 2 is 1.89 bits per heavy atom. The van der Waals surface area contributed by atoms with Crippen molar-refractivity contribution in [1.82, 2.24) is 4.90 Å². The molecule has 0 radical (unpaired) electrons. The zero-order valence-corrected chi connectivity index (χ0v) is 16.0. The number of fused-ring (bicyclic) bond motifs is 1. The summed E-state index contributed by atoms with van der Waals surface area (Å²) in [5, 5.41) is 11.0. The van der Waals surface area contributed by atoms with Crippen molar-refractivity contribution in [3.05, 3.63) is 45.8 Å². The van der Waals surface area contributed by atoms with E-state index < -0.39 is 5.63 Å². The van der Waals surface area contributed by atoms with Crippen molar-refractivity contribution in [1.29, 1.82) is 0 Å². The normalized spacial score (nSPS) is 15.2. The van der Waals surface area contributed by atoms with Gasteiger partial charge in [-0.05, 0) is 32.0 Å². The lowest BCUT2D eigenvalue weighted by atomic mass is 10.1. The molecular formula is C21H23NO6. The molecule has 0 saturated carbocycles. The zero-order chi connectivity index (χ0) is 19.7. The predicted octanol–water partition coefficient (Wildman–Crippen LogP) is 3.09. The van der Waals surface area contributed by atoms with Gasteiger partial charge in [-0.25, -0.2) is 4.79 Å². The molecule has 0 amide bonds. The molecule has 0 unspecified atom stereocenters. The molecule has 1 saturated heterocycles. The van der Waals surface area contributed by atoms with Crippen LogP contribution in [0.2, 0.25) is 0 Å². The minimum atomic E-state index is -0.578. The van der Waals surface area contributed by atoms with Gasteiger partial charge in [-0.2, -0.15) is 0 Å². The van der Waals surface area contributed by atoms with Crippen LogP contribution in [0.15, 0.2) is 37.9 Å². The Labute approximate surface area is 162 Å². The molecular weight excluding hydrogens is 362 g/mol. The van der Waals surface area contributed by atoms with E-state index in [1.54, 1.807) is 13.0 Å². The Kier molecular flexibility index (Phi) is 5.11. The summed E-state index contributed by atoms with van der Waals surface area (Å²) >= 11 is 0. The summed E-state index contributed by atoms with van der Waals surface area (Å²) in [6.45, 7) is 8.04. The minimum Gasteiger partial charge on any atom is -0.507 e. The molecule has 1 aliphatic heterocycles. The van der Waals surface area contributed by atoms with E-state index in [9.17, 15) is 9.90 Å². The van der Waals surface area contributed by atoms with Crippen molar-refractivity contribution >= 4 is 11.0 Å². The molecule has 3 aromatic rings. The van der Waals surface area contributed by atoms with Crippen LogP contribution in [0.4, 0.5) is 0 Å². The maximum absolute atomic E-state index is 11.9. The van der Waals surface area contributed by atoms with Crippen LogP contribution in [-0.4, -0.2) is 49.5 Å². The first kappa shape index (κ1) is 18.6. The maximum atomic E-state index is 11.9. The zero-order valence-electron chi connectivity index (χ0n) is 16.0. The predicted molar refractivity (Wildman–Crippen MR) is 104 cm³/mol. The second kappa shape index (κ2) is 7.69. The summed E-state index contributed by atoms with van der Waals surface area (Å²) in [7, 11) is 0. The van der Waals surface area contributed by atoms with Gasteiger partial charge >= 0.3 is 5.63 Å². The fraction of sp³-hybridized carbons (Fsp3) is 0.381. The van der Waals surface area contributed by atoms with E-state index in [0.29, 0.717) is 29.3 Å². The summed E-state index contributed by atoms with van der Waals surface area (Å²) in [4.78, 5) is 14.2. The fourth-order valence-corrected chi connectivity index (χ4v) is 3.30. The van der Waals surface area contributed by atoms with Gasteiger partial charge in [0, 0.05) is 36.7 Å². The van der Waals surface area contributed by atoms with E-state index in [-0.39, 0.29) is 17.1 Å². The van der Waals surface area contributed by atoms with Crippen molar-refractivity contribution in [3.8, 4) is 23.0 Å². The quantitative estimate of drug-likeness (QED) is 0.722. The highest BCUT2D eigenvalue weighted by Crippen LogP contribution is 2.34. The number of furan rings is 1. The van der Waals surface area contributed by atoms with Crippen LogP contribution < -0.4 is 10.4 Å². The second-order valence-corrected chi connectivity index (χ2v) is 6.93. The Balaban J connectivity index is 1.53. The highest BCUT2D eigenvalue weighted by Gasteiger charge is 2.18. The van der Waals surface area contributed by atoms with E-state index in [4.69, 9.17) is 18.3 Å². The molecule has 7 heteroatoms. The lowest BCUT2D eigenvalue weighted by Gasteiger charge is -2.26. The number of nitrogens with zero attached hydrogens (tertiary/aromatic N) is 1. The Hall–Kier alpha value is -2.77. The van der Waals surface area contributed by atoms with Crippen molar-refractivity contribution in [2.75, 3.05) is 39.5 Å². The average Bonchev–Trinajstić information content (AvgIpc) is 3.13. The van der Waals surface area contributed by atoms with Crippen molar-refractivity contribution < 1.29 is 23.4 Å². The van der Waals surface area contributed by atoms with Gasteiger partial charge in [0.25, 0.3) is 0 Å². The largest absolute Gasteiger partial charge is 0.507 e. The van der Waals surface area contributed by atoms with Crippen molar-refractivity contribution in [2.24, 2.45) is 0 Å². The molecule has 1 aliphatic rings. The lowest BCUT2D eigenvalue weighted by molar-refractivity contribution is 0.0322. The minimum absolute atomic E-state index is 0.0705. The number of rotatable bonds is 5. The fourth-order valence-electron chi connectivity index (χ4n) is 3.30.